The van der Waals surface area contributed by atoms with Crippen molar-refractivity contribution >= 4 is 64.3 Å². The van der Waals surface area contributed by atoms with Gasteiger partial charge >= 0.3 is 5.97 Å². The molecule has 0 aliphatic carbocycles. The van der Waals surface area contributed by atoms with Crippen molar-refractivity contribution in [3.63, 3.8) is 0 Å². The molecule has 0 bridgehead atoms. The summed E-state index contributed by atoms with van der Waals surface area (Å²) < 4.78 is 4.86. The SMILES string of the molecule is CCNc1nc(Cl)nc(NC(C)C)n1.O=C(O)COc1cc(Cl)c(Cl)cc1Cl. The number of anilines is 2. The maximum absolute atomic E-state index is 10.2. The zero-order valence-corrected chi connectivity index (χ0v) is 18.3. The van der Waals surface area contributed by atoms with Crippen molar-refractivity contribution in [1.29, 1.82) is 0 Å². The van der Waals surface area contributed by atoms with E-state index in [1.165, 1.54) is 12.1 Å². The predicted octanol–water partition coefficient (Wildman–Crippen LogP) is 4.89. The van der Waals surface area contributed by atoms with E-state index < -0.39 is 12.6 Å². The number of carbonyl (C=O) groups is 1. The number of benzene rings is 1. The van der Waals surface area contributed by atoms with E-state index in [4.69, 9.17) is 56.2 Å². The lowest BCUT2D eigenvalue weighted by atomic mass is 10.3. The third-order valence-corrected chi connectivity index (χ3v) is 3.87. The Morgan fingerprint density at radius 3 is 2.25 bits per heavy atom. The molecule has 12 heteroatoms. The van der Waals surface area contributed by atoms with Crippen LogP contribution in [0, 0.1) is 0 Å². The first-order valence-corrected chi connectivity index (χ1v) is 9.54. The normalized spacial score (nSPS) is 10.1. The van der Waals surface area contributed by atoms with E-state index in [1.54, 1.807) is 0 Å². The predicted molar refractivity (Wildman–Crippen MR) is 112 cm³/mol. The van der Waals surface area contributed by atoms with Crippen LogP contribution in [-0.4, -0.2) is 45.2 Å². The number of nitrogens with zero attached hydrogens (tertiary/aromatic N) is 3. The average Bonchev–Trinajstić information content (AvgIpc) is 2.56. The van der Waals surface area contributed by atoms with Crippen molar-refractivity contribution in [1.82, 2.24) is 15.0 Å². The molecular formula is C16H19Cl4N5O3. The highest BCUT2D eigenvalue weighted by atomic mass is 35.5. The molecule has 0 saturated carbocycles. The second kappa shape index (κ2) is 12.0. The Labute approximate surface area is 182 Å². The number of aliphatic carboxylic acids is 1. The van der Waals surface area contributed by atoms with Gasteiger partial charge in [0.2, 0.25) is 17.2 Å². The van der Waals surface area contributed by atoms with Crippen LogP contribution >= 0.6 is 46.4 Å². The number of halogens is 4. The topological polar surface area (TPSA) is 109 Å². The molecule has 0 aliphatic heterocycles. The molecule has 0 aliphatic rings. The van der Waals surface area contributed by atoms with Crippen LogP contribution in [0.5, 0.6) is 5.75 Å². The second-order valence-corrected chi connectivity index (χ2v) is 7.02. The third kappa shape index (κ3) is 8.97. The van der Waals surface area contributed by atoms with Crippen molar-refractivity contribution in [2.24, 2.45) is 0 Å². The van der Waals surface area contributed by atoms with Crippen LogP contribution in [0.15, 0.2) is 12.1 Å². The van der Waals surface area contributed by atoms with Gasteiger partial charge in [-0.2, -0.15) is 15.0 Å². The highest BCUT2D eigenvalue weighted by Crippen LogP contribution is 2.33. The van der Waals surface area contributed by atoms with Crippen LogP contribution in [0.4, 0.5) is 11.9 Å². The smallest absolute Gasteiger partial charge is 0.341 e. The second-order valence-electron chi connectivity index (χ2n) is 5.46. The summed E-state index contributed by atoms with van der Waals surface area (Å²) in [5.41, 5.74) is 0. The van der Waals surface area contributed by atoms with Crippen LogP contribution in [0.25, 0.3) is 0 Å². The largest absolute Gasteiger partial charge is 0.480 e. The van der Waals surface area contributed by atoms with E-state index in [-0.39, 0.29) is 27.1 Å². The molecule has 1 aromatic heterocycles. The highest BCUT2D eigenvalue weighted by molar-refractivity contribution is 6.43. The molecule has 0 unspecified atom stereocenters. The maximum atomic E-state index is 10.2. The van der Waals surface area contributed by atoms with Gasteiger partial charge in [0, 0.05) is 18.7 Å². The number of rotatable bonds is 7. The number of nitrogens with one attached hydrogen (secondary N) is 2. The molecule has 154 valence electrons. The summed E-state index contributed by atoms with van der Waals surface area (Å²) in [7, 11) is 0. The van der Waals surface area contributed by atoms with Gasteiger partial charge in [-0.15, -0.1) is 0 Å². The molecule has 1 aromatic carbocycles. The van der Waals surface area contributed by atoms with Gasteiger partial charge in [-0.05, 0) is 38.4 Å². The molecule has 28 heavy (non-hydrogen) atoms. The van der Waals surface area contributed by atoms with Crippen LogP contribution < -0.4 is 15.4 Å². The summed E-state index contributed by atoms with van der Waals surface area (Å²) in [5, 5.41) is 15.4. The Hall–Kier alpha value is -1.74. The standard InChI is InChI=1S/C8H5Cl3O3.C8H14ClN5/c9-4-1-6(11)7(2-5(4)10)14-3-8(12)13;1-4-10-7-12-6(9)13-8(14-7)11-5(2)3/h1-2H,3H2,(H,12,13);5H,4H2,1-3H3,(H2,10,11,12,13,14). The first-order chi connectivity index (χ1) is 13.1. The zero-order chi connectivity index (χ0) is 21.3. The fraction of sp³-hybridized carbons (Fsp3) is 0.375. The van der Waals surface area contributed by atoms with E-state index in [2.05, 4.69) is 25.6 Å². The van der Waals surface area contributed by atoms with Crippen molar-refractivity contribution in [3.8, 4) is 5.75 Å². The minimum Gasteiger partial charge on any atom is -0.480 e. The van der Waals surface area contributed by atoms with Gasteiger partial charge in [-0.3, -0.25) is 0 Å². The molecule has 0 saturated heterocycles. The molecule has 0 atom stereocenters. The fourth-order valence-corrected chi connectivity index (χ4v) is 2.42. The highest BCUT2D eigenvalue weighted by Gasteiger charge is 2.08. The summed E-state index contributed by atoms with van der Waals surface area (Å²) in [6.07, 6.45) is 0. The first-order valence-electron chi connectivity index (χ1n) is 8.03. The number of aromatic nitrogens is 3. The van der Waals surface area contributed by atoms with Crippen LogP contribution in [0.1, 0.15) is 20.8 Å². The monoisotopic (exact) mass is 469 g/mol. The summed E-state index contributed by atoms with van der Waals surface area (Å²) >= 11 is 22.8. The Balaban J connectivity index is 0.000000280. The number of carboxylic acid groups (broad SMARTS) is 1. The third-order valence-electron chi connectivity index (χ3n) is 2.69. The Morgan fingerprint density at radius 1 is 1.07 bits per heavy atom. The zero-order valence-electron chi connectivity index (χ0n) is 15.3. The van der Waals surface area contributed by atoms with Gasteiger partial charge in [-0.25, -0.2) is 4.79 Å². The minimum absolute atomic E-state index is 0.194. The lowest BCUT2D eigenvalue weighted by Gasteiger charge is -2.09. The van der Waals surface area contributed by atoms with Gasteiger partial charge in [0.25, 0.3) is 0 Å². The molecule has 0 fully saturated rings. The Morgan fingerprint density at radius 2 is 1.68 bits per heavy atom. The lowest BCUT2D eigenvalue weighted by Crippen LogP contribution is -2.14. The summed E-state index contributed by atoms with van der Waals surface area (Å²) in [5.74, 6) is 0.0993. The van der Waals surface area contributed by atoms with E-state index in [9.17, 15) is 4.79 Å². The van der Waals surface area contributed by atoms with Crippen molar-refractivity contribution in [2.75, 3.05) is 23.8 Å². The molecule has 8 nitrogen and oxygen atoms in total. The summed E-state index contributed by atoms with van der Waals surface area (Å²) in [6, 6.07) is 3.03. The molecule has 3 N–H and O–H groups in total. The average molecular weight is 471 g/mol. The van der Waals surface area contributed by atoms with Crippen molar-refractivity contribution in [3.05, 3.63) is 32.5 Å². The molecule has 0 spiro atoms. The first kappa shape index (κ1) is 24.3. The maximum Gasteiger partial charge on any atom is 0.341 e. The van der Waals surface area contributed by atoms with Crippen LogP contribution in [0.2, 0.25) is 20.4 Å². The fourth-order valence-electron chi connectivity index (χ4n) is 1.66. The number of ether oxygens (including phenoxy) is 1. The lowest BCUT2D eigenvalue weighted by molar-refractivity contribution is -0.139. The quantitative estimate of drug-likeness (QED) is 0.490. The van der Waals surface area contributed by atoms with Crippen LogP contribution in [-0.2, 0) is 4.79 Å². The van der Waals surface area contributed by atoms with Crippen LogP contribution in [0.3, 0.4) is 0 Å². The number of hydrogen-bond donors (Lipinski definition) is 3. The van der Waals surface area contributed by atoms with Gasteiger partial charge in [0.15, 0.2) is 6.61 Å². The van der Waals surface area contributed by atoms with Crippen molar-refractivity contribution in [2.45, 2.75) is 26.8 Å². The molecule has 0 amide bonds. The van der Waals surface area contributed by atoms with E-state index in [1.807, 2.05) is 20.8 Å². The molecule has 0 radical (unpaired) electrons. The van der Waals surface area contributed by atoms with Gasteiger partial charge in [-0.1, -0.05) is 34.8 Å². The number of hydrogen-bond acceptors (Lipinski definition) is 7. The van der Waals surface area contributed by atoms with E-state index in [0.29, 0.717) is 16.9 Å². The number of carboxylic acids is 1. The van der Waals surface area contributed by atoms with Crippen molar-refractivity contribution < 1.29 is 14.6 Å². The van der Waals surface area contributed by atoms with Gasteiger partial charge < -0.3 is 20.5 Å². The van der Waals surface area contributed by atoms with Gasteiger partial charge in [0.1, 0.15) is 5.75 Å². The Kier molecular flexibility index (Phi) is 10.4. The summed E-state index contributed by atoms with van der Waals surface area (Å²) in [4.78, 5) is 22.2. The van der Waals surface area contributed by atoms with E-state index >= 15 is 0 Å². The molecule has 2 rings (SSSR count). The minimum atomic E-state index is -1.09. The summed E-state index contributed by atoms with van der Waals surface area (Å²) in [6.45, 7) is 6.25. The molecule has 2 aromatic rings. The molecular weight excluding hydrogens is 452 g/mol. The molecule has 1 heterocycles. The Bertz CT molecular complexity index is 808. The van der Waals surface area contributed by atoms with E-state index in [0.717, 1.165) is 6.54 Å². The van der Waals surface area contributed by atoms with Gasteiger partial charge in [0.05, 0.1) is 15.1 Å².